The predicted octanol–water partition coefficient (Wildman–Crippen LogP) is 2.60. The molecule has 2 amide bonds. The van der Waals surface area contributed by atoms with Crippen molar-refractivity contribution in [1.82, 2.24) is 10.6 Å². The number of nitrogens with one attached hydrogen (secondary N) is 2. The van der Waals surface area contributed by atoms with Crippen molar-refractivity contribution in [1.29, 1.82) is 0 Å². The lowest BCUT2D eigenvalue weighted by molar-refractivity contribution is -0.137. The lowest BCUT2D eigenvalue weighted by atomic mass is 9.99. The van der Waals surface area contributed by atoms with Crippen molar-refractivity contribution < 1.29 is 14.7 Å². The summed E-state index contributed by atoms with van der Waals surface area (Å²) in [6.07, 6.45) is 7.34. The van der Waals surface area contributed by atoms with Gasteiger partial charge in [0.1, 0.15) is 0 Å². The zero-order chi connectivity index (χ0) is 15.2. The molecule has 0 saturated heterocycles. The zero-order valence-electron chi connectivity index (χ0n) is 12.6. The molecule has 116 valence electrons. The molecule has 0 aromatic carbocycles. The van der Waals surface area contributed by atoms with E-state index in [1.807, 2.05) is 25.6 Å². The van der Waals surface area contributed by atoms with Gasteiger partial charge in [-0.15, -0.1) is 0 Å². The predicted molar refractivity (Wildman–Crippen MR) is 82.2 cm³/mol. The molecule has 0 aliphatic heterocycles. The third kappa shape index (κ3) is 5.61. The summed E-state index contributed by atoms with van der Waals surface area (Å²) >= 11 is 1.83. The molecular formula is C14H26N2O3S. The van der Waals surface area contributed by atoms with Crippen molar-refractivity contribution in [3.63, 3.8) is 0 Å². The number of carboxylic acids is 1. The zero-order valence-corrected chi connectivity index (χ0v) is 13.4. The van der Waals surface area contributed by atoms with Gasteiger partial charge in [0.2, 0.25) is 0 Å². The third-order valence-corrected chi connectivity index (χ3v) is 5.35. The summed E-state index contributed by atoms with van der Waals surface area (Å²) in [5.74, 6) is -0.840. The van der Waals surface area contributed by atoms with Crippen molar-refractivity contribution in [3.05, 3.63) is 0 Å². The van der Waals surface area contributed by atoms with Gasteiger partial charge in [0, 0.05) is 23.3 Å². The van der Waals surface area contributed by atoms with E-state index in [4.69, 9.17) is 5.11 Å². The van der Waals surface area contributed by atoms with Gasteiger partial charge in [0.15, 0.2) is 0 Å². The van der Waals surface area contributed by atoms with Crippen LogP contribution in [-0.4, -0.2) is 40.2 Å². The summed E-state index contributed by atoms with van der Waals surface area (Å²) in [6, 6.07) is -0.208. The number of hydrogen-bond acceptors (Lipinski definition) is 3. The number of thioether (sulfide) groups is 1. The highest BCUT2D eigenvalue weighted by Gasteiger charge is 2.33. The Morgan fingerprint density at radius 1 is 1.30 bits per heavy atom. The third-order valence-electron chi connectivity index (χ3n) is 3.93. The number of carbonyl (C=O) groups is 2. The van der Waals surface area contributed by atoms with Crippen LogP contribution >= 0.6 is 11.8 Å². The first-order valence-electron chi connectivity index (χ1n) is 7.12. The topological polar surface area (TPSA) is 78.4 Å². The molecule has 0 aromatic rings. The van der Waals surface area contributed by atoms with Gasteiger partial charge >= 0.3 is 12.0 Å². The van der Waals surface area contributed by atoms with Gasteiger partial charge in [-0.2, -0.15) is 11.8 Å². The molecule has 6 heteroatoms. The molecule has 0 spiro atoms. The van der Waals surface area contributed by atoms with Crippen LogP contribution in [0.1, 0.15) is 52.4 Å². The van der Waals surface area contributed by atoms with E-state index >= 15 is 0 Å². The highest BCUT2D eigenvalue weighted by atomic mass is 32.2. The Morgan fingerprint density at radius 2 is 1.90 bits per heavy atom. The average Bonchev–Trinajstić information content (AvgIpc) is 2.83. The van der Waals surface area contributed by atoms with Crippen LogP contribution in [-0.2, 0) is 4.79 Å². The number of carboxylic acid groups (broad SMARTS) is 1. The van der Waals surface area contributed by atoms with Gasteiger partial charge in [-0.1, -0.05) is 12.8 Å². The van der Waals surface area contributed by atoms with Gasteiger partial charge in [-0.25, -0.2) is 4.79 Å². The quantitative estimate of drug-likeness (QED) is 0.675. The molecule has 5 nitrogen and oxygen atoms in total. The Balaban J connectivity index is 2.37. The Bertz CT molecular complexity index is 352. The van der Waals surface area contributed by atoms with E-state index in [2.05, 4.69) is 16.9 Å². The highest BCUT2D eigenvalue weighted by molar-refractivity contribution is 8.00. The summed E-state index contributed by atoms with van der Waals surface area (Å²) in [4.78, 5) is 22.5. The van der Waals surface area contributed by atoms with Crippen LogP contribution in [0.2, 0.25) is 0 Å². The summed E-state index contributed by atoms with van der Waals surface area (Å²) in [6.45, 7) is 4.36. The molecule has 0 atom stereocenters. The van der Waals surface area contributed by atoms with E-state index in [0.717, 1.165) is 12.8 Å². The first-order chi connectivity index (χ1) is 9.29. The van der Waals surface area contributed by atoms with Gasteiger partial charge < -0.3 is 15.7 Å². The normalized spacial score (nSPS) is 17.8. The van der Waals surface area contributed by atoms with Crippen LogP contribution in [0.4, 0.5) is 4.79 Å². The summed E-state index contributed by atoms with van der Waals surface area (Å²) in [5, 5.41) is 14.5. The fraction of sp³-hybridized carbons (Fsp3) is 0.857. The smallest absolute Gasteiger partial charge is 0.315 e. The number of hydrogen-bond donors (Lipinski definition) is 3. The standard InChI is InChI=1S/C14H26N2O3S/c1-13(2,9-6-11(17)18)16-12(19)15-10-14(20-3)7-4-5-8-14/h4-10H2,1-3H3,(H,17,18)(H2,15,16,19). The Labute approximate surface area is 125 Å². The number of aliphatic carboxylic acids is 1. The average molecular weight is 302 g/mol. The Kier molecular flexibility index (Phi) is 6.17. The van der Waals surface area contributed by atoms with Crippen molar-refractivity contribution in [2.24, 2.45) is 0 Å². The van der Waals surface area contributed by atoms with E-state index < -0.39 is 11.5 Å². The minimum Gasteiger partial charge on any atom is -0.481 e. The number of carbonyl (C=O) groups excluding carboxylic acids is 1. The van der Waals surface area contributed by atoms with E-state index in [1.54, 1.807) is 0 Å². The molecule has 1 fully saturated rings. The van der Waals surface area contributed by atoms with Crippen molar-refractivity contribution in [3.8, 4) is 0 Å². The van der Waals surface area contributed by atoms with Gasteiger partial charge in [-0.3, -0.25) is 4.79 Å². The minimum absolute atomic E-state index is 0.0576. The van der Waals surface area contributed by atoms with Crippen LogP contribution in [0.5, 0.6) is 0 Å². The fourth-order valence-electron chi connectivity index (χ4n) is 2.55. The monoisotopic (exact) mass is 302 g/mol. The lowest BCUT2D eigenvalue weighted by Crippen LogP contribution is -2.51. The maximum Gasteiger partial charge on any atom is 0.315 e. The van der Waals surface area contributed by atoms with Crippen LogP contribution in [0.3, 0.4) is 0 Å². The molecule has 0 bridgehead atoms. The minimum atomic E-state index is -0.840. The highest BCUT2D eigenvalue weighted by Crippen LogP contribution is 2.39. The maximum atomic E-state index is 11.9. The lowest BCUT2D eigenvalue weighted by Gasteiger charge is -2.29. The first kappa shape index (κ1) is 17.1. The largest absolute Gasteiger partial charge is 0.481 e. The Hall–Kier alpha value is -0.910. The molecule has 3 N–H and O–H groups in total. The fourth-order valence-corrected chi connectivity index (χ4v) is 3.46. The molecule has 1 saturated carbocycles. The number of urea groups is 1. The SMILES string of the molecule is CSC1(CNC(=O)NC(C)(C)CCC(=O)O)CCCC1. The van der Waals surface area contributed by atoms with Crippen molar-refractivity contribution in [2.45, 2.75) is 62.7 Å². The van der Waals surface area contributed by atoms with Crippen LogP contribution in [0, 0.1) is 0 Å². The second-order valence-corrected chi connectivity index (χ2v) is 7.45. The van der Waals surface area contributed by atoms with E-state index in [9.17, 15) is 9.59 Å². The molecule has 1 aliphatic rings. The summed E-state index contributed by atoms with van der Waals surface area (Å²) in [7, 11) is 0. The summed E-state index contributed by atoms with van der Waals surface area (Å²) < 4.78 is 0.183. The molecule has 20 heavy (non-hydrogen) atoms. The second kappa shape index (κ2) is 7.20. The van der Waals surface area contributed by atoms with Crippen LogP contribution in [0.15, 0.2) is 0 Å². The van der Waals surface area contributed by atoms with E-state index in [0.29, 0.717) is 13.0 Å². The van der Waals surface area contributed by atoms with E-state index in [-0.39, 0.29) is 17.2 Å². The number of amides is 2. The molecule has 0 heterocycles. The molecule has 1 aliphatic carbocycles. The molecule has 0 unspecified atom stereocenters. The van der Waals surface area contributed by atoms with E-state index in [1.165, 1.54) is 12.8 Å². The van der Waals surface area contributed by atoms with Crippen molar-refractivity contribution >= 4 is 23.8 Å². The second-order valence-electron chi connectivity index (χ2n) is 6.18. The molecule has 0 aromatic heterocycles. The Morgan fingerprint density at radius 3 is 2.40 bits per heavy atom. The molecular weight excluding hydrogens is 276 g/mol. The molecule has 1 rings (SSSR count). The van der Waals surface area contributed by atoms with Gasteiger partial charge in [0.25, 0.3) is 0 Å². The van der Waals surface area contributed by atoms with Crippen molar-refractivity contribution in [2.75, 3.05) is 12.8 Å². The number of rotatable bonds is 7. The first-order valence-corrected chi connectivity index (χ1v) is 8.34. The van der Waals surface area contributed by atoms with Crippen LogP contribution < -0.4 is 10.6 Å². The van der Waals surface area contributed by atoms with Crippen LogP contribution in [0.25, 0.3) is 0 Å². The van der Waals surface area contributed by atoms with Gasteiger partial charge in [-0.05, 0) is 39.4 Å². The summed E-state index contributed by atoms with van der Waals surface area (Å²) in [5.41, 5.74) is -0.509. The molecule has 0 radical (unpaired) electrons. The van der Waals surface area contributed by atoms with Gasteiger partial charge in [0.05, 0.1) is 0 Å². The maximum absolute atomic E-state index is 11.9.